The Kier molecular flexibility index (Phi) is 5.71. The van der Waals surface area contributed by atoms with Crippen molar-refractivity contribution in [3.05, 3.63) is 51.7 Å². The number of benzene rings is 1. The van der Waals surface area contributed by atoms with Crippen molar-refractivity contribution in [2.45, 2.75) is 20.0 Å². The maximum atomic E-state index is 9.58. The summed E-state index contributed by atoms with van der Waals surface area (Å²) < 4.78 is 11.1. The van der Waals surface area contributed by atoms with Gasteiger partial charge in [0.25, 0.3) is 0 Å². The van der Waals surface area contributed by atoms with E-state index in [-0.39, 0.29) is 6.10 Å². The summed E-state index contributed by atoms with van der Waals surface area (Å²) in [7, 11) is 1.61. The van der Waals surface area contributed by atoms with Gasteiger partial charge in [0.1, 0.15) is 11.1 Å². The molecule has 0 aliphatic rings. The molecule has 0 spiro atoms. The molecule has 0 amide bonds. The number of nitrogens with zero attached hydrogens (tertiary/aromatic N) is 2. The summed E-state index contributed by atoms with van der Waals surface area (Å²) in [4.78, 5) is 5.70. The quantitative estimate of drug-likeness (QED) is 0.511. The normalized spacial score (nSPS) is 11.4. The van der Waals surface area contributed by atoms with Crippen LogP contribution in [0.3, 0.4) is 0 Å². The molecule has 132 valence electrons. The van der Waals surface area contributed by atoms with Crippen molar-refractivity contribution in [3.8, 4) is 28.1 Å². The van der Waals surface area contributed by atoms with E-state index in [0.717, 1.165) is 16.1 Å². The third-order valence-electron chi connectivity index (χ3n) is 3.49. The van der Waals surface area contributed by atoms with Crippen LogP contribution < -0.4 is 9.47 Å². The summed E-state index contributed by atoms with van der Waals surface area (Å²) >= 11 is 3.11. The Hall–Kier alpha value is -2.62. The summed E-state index contributed by atoms with van der Waals surface area (Å²) in [5.74, 6) is 1.33. The molecule has 0 atom stereocenters. The largest absolute Gasteiger partial charge is 0.493 e. The van der Waals surface area contributed by atoms with E-state index in [0.29, 0.717) is 22.1 Å². The van der Waals surface area contributed by atoms with Gasteiger partial charge in [0.05, 0.1) is 29.4 Å². The number of nitriles is 1. The number of hydrogen-bond acceptors (Lipinski definition) is 6. The summed E-state index contributed by atoms with van der Waals surface area (Å²) in [6.07, 6.45) is 1.88. The van der Waals surface area contributed by atoms with Gasteiger partial charge in [-0.3, -0.25) is 0 Å². The van der Waals surface area contributed by atoms with Gasteiger partial charge >= 0.3 is 0 Å². The number of methoxy groups -OCH3 is 1. The molecule has 0 fully saturated rings. The van der Waals surface area contributed by atoms with Gasteiger partial charge in [-0.25, -0.2) is 4.98 Å². The molecule has 0 saturated heterocycles. The van der Waals surface area contributed by atoms with Gasteiger partial charge in [-0.1, -0.05) is 12.1 Å². The molecule has 0 bridgehead atoms. The molecular formula is C20H18N2O2S2. The van der Waals surface area contributed by atoms with Crippen molar-refractivity contribution in [1.82, 2.24) is 4.98 Å². The number of rotatable bonds is 6. The Morgan fingerprint density at radius 1 is 1.23 bits per heavy atom. The minimum atomic E-state index is 0.0611. The van der Waals surface area contributed by atoms with Gasteiger partial charge in [-0.2, -0.15) is 5.26 Å². The Balaban J connectivity index is 1.91. The maximum Gasteiger partial charge on any atom is 0.161 e. The Labute approximate surface area is 161 Å². The van der Waals surface area contributed by atoms with Gasteiger partial charge < -0.3 is 9.47 Å². The predicted molar refractivity (Wildman–Crippen MR) is 108 cm³/mol. The molecule has 2 aromatic heterocycles. The molecule has 0 aliphatic heterocycles. The number of thiophene rings is 1. The van der Waals surface area contributed by atoms with Crippen molar-refractivity contribution < 1.29 is 9.47 Å². The first-order chi connectivity index (χ1) is 12.6. The predicted octanol–water partition coefficient (Wildman–Crippen LogP) is 5.73. The average Bonchev–Trinajstić information content (AvgIpc) is 3.31. The number of allylic oxidation sites excluding steroid dienone is 1. The van der Waals surface area contributed by atoms with Gasteiger partial charge in [-0.05, 0) is 49.1 Å². The highest BCUT2D eigenvalue weighted by molar-refractivity contribution is 7.14. The van der Waals surface area contributed by atoms with Gasteiger partial charge in [-0.15, -0.1) is 22.7 Å². The van der Waals surface area contributed by atoms with Crippen molar-refractivity contribution in [1.29, 1.82) is 5.26 Å². The Morgan fingerprint density at radius 2 is 2.08 bits per heavy atom. The number of ether oxygens (including phenoxy) is 2. The van der Waals surface area contributed by atoms with E-state index in [1.807, 2.05) is 61.0 Å². The Bertz CT molecular complexity index is 951. The molecule has 0 N–H and O–H groups in total. The lowest BCUT2D eigenvalue weighted by molar-refractivity contribution is 0.230. The lowest BCUT2D eigenvalue weighted by atomic mass is 10.1. The molecule has 0 saturated carbocycles. The van der Waals surface area contributed by atoms with Crippen molar-refractivity contribution in [2.75, 3.05) is 7.11 Å². The van der Waals surface area contributed by atoms with Crippen molar-refractivity contribution in [3.63, 3.8) is 0 Å². The highest BCUT2D eigenvalue weighted by Crippen LogP contribution is 2.32. The van der Waals surface area contributed by atoms with E-state index >= 15 is 0 Å². The standard InChI is InChI=1S/C20H18N2O2S2/c1-13(2)24-17-7-6-14(10-18(17)23-3)9-15(11-21)20-22-16(12-26-20)19-5-4-8-25-19/h4-10,12-13H,1-3H3/b15-9-. The van der Waals surface area contributed by atoms with Gasteiger partial charge in [0, 0.05) is 5.38 Å². The summed E-state index contributed by atoms with van der Waals surface area (Å²) in [5, 5.41) is 14.3. The molecule has 3 aromatic rings. The summed E-state index contributed by atoms with van der Waals surface area (Å²) in [6.45, 7) is 3.93. The molecule has 1 aromatic carbocycles. The SMILES string of the molecule is COc1cc(/C=C(/C#N)c2nc(-c3cccs3)cs2)ccc1OC(C)C. The molecular weight excluding hydrogens is 364 g/mol. The van der Waals surface area contributed by atoms with E-state index in [9.17, 15) is 5.26 Å². The number of thiazole rings is 1. The first kappa shape index (κ1) is 18.2. The maximum absolute atomic E-state index is 9.58. The van der Waals surface area contributed by atoms with E-state index in [4.69, 9.17) is 9.47 Å². The zero-order valence-electron chi connectivity index (χ0n) is 14.7. The smallest absolute Gasteiger partial charge is 0.161 e. The highest BCUT2D eigenvalue weighted by atomic mass is 32.1. The lowest BCUT2D eigenvalue weighted by Gasteiger charge is -2.13. The third kappa shape index (κ3) is 4.13. The van der Waals surface area contributed by atoms with Gasteiger partial charge in [0.15, 0.2) is 11.5 Å². The summed E-state index contributed by atoms with van der Waals surface area (Å²) in [5.41, 5.74) is 2.29. The van der Waals surface area contributed by atoms with Crippen LogP contribution in [0.4, 0.5) is 0 Å². The lowest BCUT2D eigenvalue weighted by Crippen LogP contribution is -2.06. The Morgan fingerprint density at radius 3 is 2.73 bits per heavy atom. The second kappa shape index (κ2) is 8.17. The third-order valence-corrected chi connectivity index (χ3v) is 5.26. The van der Waals surface area contributed by atoms with Crippen LogP contribution in [0.5, 0.6) is 11.5 Å². The monoisotopic (exact) mass is 382 g/mol. The van der Waals surface area contributed by atoms with Crippen molar-refractivity contribution >= 4 is 34.3 Å². The van der Waals surface area contributed by atoms with Crippen LogP contribution in [0.1, 0.15) is 24.4 Å². The topological polar surface area (TPSA) is 55.1 Å². The number of hydrogen-bond donors (Lipinski definition) is 0. The minimum absolute atomic E-state index is 0.0611. The minimum Gasteiger partial charge on any atom is -0.493 e. The average molecular weight is 383 g/mol. The fourth-order valence-electron chi connectivity index (χ4n) is 2.37. The first-order valence-electron chi connectivity index (χ1n) is 8.07. The first-order valence-corrected chi connectivity index (χ1v) is 9.83. The van der Waals surface area contributed by atoms with Crippen LogP contribution in [-0.4, -0.2) is 18.2 Å². The molecule has 2 heterocycles. The zero-order valence-corrected chi connectivity index (χ0v) is 16.4. The van der Waals surface area contributed by atoms with Crippen LogP contribution in [0, 0.1) is 11.3 Å². The zero-order chi connectivity index (χ0) is 18.5. The van der Waals surface area contributed by atoms with E-state index in [1.165, 1.54) is 11.3 Å². The van der Waals surface area contributed by atoms with Crippen molar-refractivity contribution in [2.24, 2.45) is 0 Å². The van der Waals surface area contributed by atoms with Crippen LogP contribution in [0.2, 0.25) is 0 Å². The molecule has 3 rings (SSSR count). The second-order valence-electron chi connectivity index (χ2n) is 5.76. The molecule has 4 nitrogen and oxygen atoms in total. The van der Waals surface area contributed by atoms with Crippen LogP contribution in [0.25, 0.3) is 22.2 Å². The van der Waals surface area contributed by atoms with E-state index in [2.05, 4.69) is 11.1 Å². The van der Waals surface area contributed by atoms with E-state index in [1.54, 1.807) is 18.4 Å². The highest BCUT2D eigenvalue weighted by Gasteiger charge is 2.11. The molecule has 26 heavy (non-hydrogen) atoms. The molecule has 0 aliphatic carbocycles. The van der Waals surface area contributed by atoms with Gasteiger partial charge in [0.2, 0.25) is 0 Å². The molecule has 0 unspecified atom stereocenters. The molecule has 0 radical (unpaired) electrons. The van der Waals surface area contributed by atoms with Crippen LogP contribution in [0.15, 0.2) is 41.1 Å². The summed E-state index contributed by atoms with van der Waals surface area (Å²) in [6, 6.07) is 11.9. The number of aromatic nitrogens is 1. The van der Waals surface area contributed by atoms with Crippen LogP contribution in [-0.2, 0) is 0 Å². The van der Waals surface area contributed by atoms with Crippen LogP contribution >= 0.6 is 22.7 Å². The molecule has 6 heteroatoms. The fraction of sp³-hybridized carbons (Fsp3) is 0.200. The van der Waals surface area contributed by atoms with E-state index < -0.39 is 0 Å². The second-order valence-corrected chi connectivity index (χ2v) is 7.57. The fourth-order valence-corrected chi connectivity index (χ4v) is 3.91.